The highest BCUT2D eigenvalue weighted by Crippen LogP contribution is 2.37. The molecule has 0 aromatic rings. The molecule has 0 rings (SSSR count). The van der Waals surface area contributed by atoms with Gasteiger partial charge in [0.15, 0.2) is 8.32 Å². The van der Waals surface area contributed by atoms with E-state index in [-0.39, 0.29) is 17.1 Å². The lowest BCUT2D eigenvalue weighted by Gasteiger charge is -2.40. The first kappa shape index (κ1) is 15.7. The lowest BCUT2D eigenvalue weighted by atomic mass is 10.0. The highest BCUT2D eigenvalue weighted by atomic mass is 28.4. The standard InChI is InChI=1S/C13H26O2Si/c1-9-10(2)12(14)11(3)15-16(7,8)13(4,5)6/h1,10-12,14H,2-8H3/t10-,11-,12-/m0/s1. The third-order valence-electron chi connectivity index (χ3n) is 3.54. The molecule has 0 saturated heterocycles. The van der Waals surface area contributed by atoms with E-state index >= 15 is 0 Å². The topological polar surface area (TPSA) is 29.5 Å². The van der Waals surface area contributed by atoms with Gasteiger partial charge < -0.3 is 9.53 Å². The normalized spacial score (nSPS) is 18.7. The first-order valence-corrected chi connectivity index (χ1v) is 8.75. The van der Waals surface area contributed by atoms with Crippen LogP contribution < -0.4 is 0 Å². The van der Waals surface area contributed by atoms with Crippen LogP contribution in [0.4, 0.5) is 0 Å². The molecule has 0 saturated carbocycles. The molecule has 16 heavy (non-hydrogen) atoms. The second kappa shape index (κ2) is 5.35. The molecular weight excluding hydrogens is 216 g/mol. The largest absolute Gasteiger partial charge is 0.412 e. The summed E-state index contributed by atoms with van der Waals surface area (Å²) >= 11 is 0. The van der Waals surface area contributed by atoms with Crippen molar-refractivity contribution in [3.63, 3.8) is 0 Å². The minimum absolute atomic E-state index is 0.153. The Kier molecular flexibility index (Phi) is 5.25. The Hall–Kier alpha value is -0.303. The molecular formula is C13H26O2Si. The third-order valence-corrected chi connectivity index (χ3v) is 8.12. The van der Waals surface area contributed by atoms with Crippen LogP contribution in [0, 0.1) is 18.3 Å². The Morgan fingerprint density at radius 2 is 1.69 bits per heavy atom. The van der Waals surface area contributed by atoms with Crippen LogP contribution in [0.3, 0.4) is 0 Å². The van der Waals surface area contributed by atoms with Crippen LogP contribution in [0.5, 0.6) is 0 Å². The van der Waals surface area contributed by atoms with Crippen LogP contribution in [0.25, 0.3) is 0 Å². The summed E-state index contributed by atoms with van der Waals surface area (Å²) in [7, 11) is -1.82. The van der Waals surface area contributed by atoms with Gasteiger partial charge in [-0.2, -0.15) is 0 Å². The van der Waals surface area contributed by atoms with E-state index in [9.17, 15) is 5.11 Å². The summed E-state index contributed by atoms with van der Waals surface area (Å²) < 4.78 is 6.08. The van der Waals surface area contributed by atoms with Gasteiger partial charge in [0.25, 0.3) is 0 Å². The fourth-order valence-electron chi connectivity index (χ4n) is 1.22. The monoisotopic (exact) mass is 242 g/mol. The molecule has 1 N–H and O–H groups in total. The molecule has 0 unspecified atom stereocenters. The van der Waals surface area contributed by atoms with Crippen molar-refractivity contribution in [2.45, 2.75) is 65.0 Å². The van der Waals surface area contributed by atoms with Crippen molar-refractivity contribution in [1.82, 2.24) is 0 Å². The maximum Gasteiger partial charge on any atom is 0.192 e. The second-order valence-corrected chi connectivity index (χ2v) is 10.8. The second-order valence-electron chi connectivity index (χ2n) is 6.03. The fraction of sp³-hybridized carbons (Fsp3) is 0.846. The predicted octanol–water partition coefficient (Wildman–Crippen LogP) is 3.03. The molecule has 94 valence electrons. The molecule has 0 bridgehead atoms. The van der Waals surface area contributed by atoms with Crippen LogP contribution in [0.15, 0.2) is 0 Å². The van der Waals surface area contributed by atoms with Gasteiger partial charge in [-0.1, -0.05) is 20.8 Å². The lowest BCUT2D eigenvalue weighted by Crippen LogP contribution is -2.47. The molecule has 3 heteroatoms. The van der Waals surface area contributed by atoms with E-state index in [0.717, 1.165) is 0 Å². The zero-order valence-electron chi connectivity index (χ0n) is 11.7. The summed E-state index contributed by atoms with van der Waals surface area (Å²) in [5.41, 5.74) is 0. The van der Waals surface area contributed by atoms with Crippen molar-refractivity contribution < 1.29 is 9.53 Å². The van der Waals surface area contributed by atoms with E-state index < -0.39 is 14.4 Å². The molecule has 0 aromatic heterocycles. The van der Waals surface area contributed by atoms with Gasteiger partial charge >= 0.3 is 0 Å². The lowest BCUT2D eigenvalue weighted by molar-refractivity contribution is 0.0190. The van der Waals surface area contributed by atoms with Gasteiger partial charge in [-0.3, -0.25) is 0 Å². The van der Waals surface area contributed by atoms with Crippen molar-refractivity contribution in [1.29, 1.82) is 0 Å². The van der Waals surface area contributed by atoms with Crippen LogP contribution >= 0.6 is 0 Å². The first-order chi connectivity index (χ1) is 7.03. The van der Waals surface area contributed by atoms with Crippen LogP contribution in [0.1, 0.15) is 34.6 Å². The molecule has 0 radical (unpaired) electrons. The van der Waals surface area contributed by atoms with Gasteiger partial charge in [-0.15, -0.1) is 12.3 Å². The molecule has 0 fully saturated rings. The Bertz CT molecular complexity index is 260. The van der Waals surface area contributed by atoms with Gasteiger partial charge in [-0.05, 0) is 32.0 Å². The minimum Gasteiger partial charge on any atom is -0.412 e. The zero-order chi connectivity index (χ0) is 13.1. The maximum absolute atomic E-state index is 9.97. The number of hydrogen-bond donors (Lipinski definition) is 1. The van der Waals surface area contributed by atoms with Gasteiger partial charge in [0.2, 0.25) is 0 Å². The number of terminal acetylenes is 1. The Morgan fingerprint density at radius 3 is 2.00 bits per heavy atom. The van der Waals surface area contributed by atoms with E-state index in [1.807, 2.05) is 13.8 Å². The van der Waals surface area contributed by atoms with E-state index in [4.69, 9.17) is 10.8 Å². The zero-order valence-corrected chi connectivity index (χ0v) is 12.7. The summed E-state index contributed by atoms with van der Waals surface area (Å²) in [5, 5.41) is 10.1. The summed E-state index contributed by atoms with van der Waals surface area (Å²) in [6.07, 6.45) is 4.52. The number of rotatable bonds is 4. The van der Waals surface area contributed by atoms with Crippen molar-refractivity contribution in [3.8, 4) is 12.3 Å². The number of hydrogen-bond acceptors (Lipinski definition) is 2. The summed E-state index contributed by atoms with van der Waals surface area (Å²) in [6.45, 7) is 14.7. The highest BCUT2D eigenvalue weighted by molar-refractivity contribution is 6.74. The molecule has 0 aliphatic rings. The van der Waals surface area contributed by atoms with Crippen molar-refractivity contribution in [2.75, 3.05) is 0 Å². The molecule has 0 heterocycles. The summed E-state index contributed by atoms with van der Waals surface area (Å²) in [5.74, 6) is 2.39. The van der Waals surface area contributed by atoms with Gasteiger partial charge in [0.1, 0.15) is 0 Å². The van der Waals surface area contributed by atoms with Crippen molar-refractivity contribution >= 4 is 8.32 Å². The average molecular weight is 242 g/mol. The van der Waals surface area contributed by atoms with Gasteiger partial charge in [-0.25, -0.2) is 0 Å². The van der Waals surface area contributed by atoms with Crippen LogP contribution in [-0.4, -0.2) is 25.6 Å². The maximum atomic E-state index is 9.97. The van der Waals surface area contributed by atoms with Crippen LogP contribution in [-0.2, 0) is 4.43 Å². The fourth-order valence-corrected chi connectivity index (χ4v) is 2.64. The Labute approximate surface area is 102 Å². The number of aliphatic hydroxyl groups excluding tert-OH is 1. The van der Waals surface area contributed by atoms with E-state index in [2.05, 4.69) is 39.8 Å². The van der Waals surface area contributed by atoms with Gasteiger partial charge in [0.05, 0.1) is 12.2 Å². The van der Waals surface area contributed by atoms with E-state index in [1.54, 1.807) is 0 Å². The molecule has 2 nitrogen and oxygen atoms in total. The quantitative estimate of drug-likeness (QED) is 0.606. The smallest absolute Gasteiger partial charge is 0.192 e. The predicted molar refractivity (Wildman–Crippen MR) is 71.7 cm³/mol. The molecule has 0 spiro atoms. The van der Waals surface area contributed by atoms with E-state index in [0.29, 0.717) is 0 Å². The molecule has 3 atom stereocenters. The van der Waals surface area contributed by atoms with Crippen molar-refractivity contribution in [3.05, 3.63) is 0 Å². The molecule has 0 aliphatic heterocycles. The SMILES string of the molecule is C#C[C@H](C)[C@H](O)[C@H](C)O[Si](C)(C)C(C)(C)C. The molecule has 0 aromatic carbocycles. The van der Waals surface area contributed by atoms with E-state index in [1.165, 1.54) is 0 Å². The third kappa shape index (κ3) is 3.93. The highest BCUT2D eigenvalue weighted by Gasteiger charge is 2.39. The van der Waals surface area contributed by atoms with Gasteiger partial charge in [0, 0.05) is 5.92 Å². The Morgan fingerprint density at radius 1 is 1.25 bits per heavy atom. The molecule has 0 amide bonds. The van der Waals surface area contributed by atoms with Crippen molar-refractivity contribution in [2.24, 2.45) is 5.92 Å². The minimum atomic E-state index is -1.82. The summed E-state index contributed by atoms with van der Waals surface area (Å²) in [4.78, 5) is 0. The Balaban J connectivity index is 4.58. The molecule has 0 aliphatic carbocycles. The average Bonchev–Trinajstić information content (AvgIpc) is 2.12. The van der Waals surface area contributed by atoms with Crippen LogP contribution in [0.2, 0.25) is 18.1 Å². The first-order valence-electron chi connectivity index (χ1n) is 5.85. The number of aliphatic hydroxyl groups is 1. The summed E-state index contributed by atoms with van der Waals surface area (Å²) in [6, 6.07) is 0.